The number of nitrogens with one attached hydrogen (secondary N) is 1. The first-order valence-corrected chi connectivity index (χ1v) is 11.0. The van der Waals surface area contributed by atoms with Crippen LogP contribution in [-0.4, -0.2) is 49.3 Å². The summed E-state index contributed by atoms with van der Waals surface area (Å²) < 4.78 is 0. The number of thioether (sulfide) groups is 1. The fourth-order valence-electron chi connectivity index (χ4n) is 3.19. The fraction of sp³-hybridized carbons (Fsp3) is 0.409. The smallest absolute Gasteiger partial charge is 0.233 e. The largest absolute Gasteiger partial charge is 0.369 e. The van der Waals surface area contributed by atoms with E-state index in [9.17, 15) is 4.79 Å². The Morgan fingerprint density at radius 2 is 1.71 bits per heavy atom. The molecule has 3 rings (SSSR count). The van der Waals surface area contributed by atoms with Crippen molar-refractivity contribution in [2.24, 2.45) is 0 Å². The van der Waals surface area contributed by atoms with Crippen LogP contribution in [0.15, 0.2) is 53.4 Å². The van der Waals surface area contributed by atoms with E-state index in [-0.39, 0.29) is 11.2 Å². The molecule has 6 heteroatoms. The van der Waals surface area contributed by atoms with Crippen LogP contribution in [0, 0.1) is 0 Å². The van der Waals surface area contributed by atoms with Crippen molar-refractivity contribution in [3.05, 3.63) is 59.1 Å². The average Bonchev–Trinajstić information content (AvgIpc) is 2.72. The zero-order chi connectivity index (χ0) is 19.9. The highest BCUT2D eigenvalue weighted by molar-refractivity contribution is 8.00. The summed E-state index contributed by atoms with van der Waals surface area (Å²) in [5, 5.41) is 3.68. The zero-order valence-corrected chi connectivity index (χ0v) is 18.1. The highest BCUT2D eigenvalue weighted by Crippen LogP contribution is 2.27. The number of anilines is 1. The molecule has 1 fully saturated rings. The molecule has 4 nitrogen and oxygen atoms in total. The maximum Gasteiger partial charge on any atom is 0.233 e. The minimum absolute atomic E-state index is 0.0746. The first kappa shape index (κ1) is 21.0. The molecule has 28 heavy (non-hydrogen) atoms. The number of halogens is 1. The first-order valence-electron chi connectivity index (χ1n) is 9.77. The Labute approximate surface area is 177 Å². The molecule has 1 N–H and O–H groups in total. The van der Waals surface area contributed by atoms with Crippen molar-refractivity contribution in [1.82, 2.24) is 10.2 Å². The molecule has 0 aliphatic carbocycles. The third-order valence-corrected chi connectivity index (χ3v) is 6.65. The average molecular weight is 418 g/mol. The maximum absolute atomic E-state index is 12.6. The number of carbonyl (C=O) groups is 1. The molecule has 0 aromatic heterocycles. The summed E-state index contributed by atoms with van der Waals surface area (Å²) >= 11 is 7.52. The number of carbonyl (C=O) groups excluding carboxylic acids is 1. The van der Waals surface area contributed by atoms with Gasteiger partial charge < -0.3 is 15.1 Å². The second-order valence-electron chi connectivity index (χ2n) is 7.14. The molecule has 1 aliphatic rings. The lowest BCUT2D eigenvalue weighted by Gasteiger charge is -2.34. The van der Waals surface area contributed by atoms with Gasteiger partial charge in [-0.25, -0.2) is 0 Å². The highest BCUT2D eigenvalue weighted by Gasteiger charge is 2.18. The van der Waals surface area contributed by atoms with Crippen LogP contribution in [0.4, 0.5) is 5.69 Å². The minimum Gasteiger partial charge on any atom is -0.369 e. The SMILES string of the molecule is CC[C@@H](Sc1ccc(Cl)cc1)C(=O)NCc1ccc(N2CCN(C)CC2)cc1. The number of hydrogen-bond acceptors (Lipinski definition) is 4. The molecule has 1 atom stereocenters. The van der Waals surface area contributed by atoms with E-state index in [1.807, 2.05) is 31.2 Å². The molecule has 2 aromatic rings. The second-order valence-corrected chi connectivity index (χ2v) is 8.86. The Morgan fingerprint density at radius 1 is 1.07 bits per heavy atom. The molecule has 0 radical (unpaired) electrons. The summed E-state index contributed by atoms with van der Waals surface area (Å²) in [5.74, 6) is 0.0746. The van der Waals surface area contributed by atoms with Crippen LogP contribution in [0.25, 0.3) is 0 Å². The summed E-state index contributed by atoms with van der Waals surface area (Å²) in [5.41, 5.74) is 2.38. The molecule has 1 amide bonds. The van der Waals surface area contributed by atoms with Crippen LogP contribution in [0.2, 0.25) is 5.02 Å². The number of nitrogens with zero attached hydrogens (tertiary/aromatic N) is 2. The van der Waals surface area contributed by atoms with E-state index in [1.54, 1.807) is 11.8 Å². The Balaban J connectivity index is 1.50. The predicted molar refractivity (Wildman–Crippen MR) is 119 cm³/mol. The van der Waals surface area contributed by atoms with Crippen molar-refractivity contribution in [2.45, 2.75) is 30.0 Å². The third-order valence-electron chi connectivity index (χ3n) is 5.03. The van der Waals surface area contributed by atoms with E-state index in [2.05, 4.69) is 46.4 Å². The van der Waals surface area contributed by atoms with Crippen molar-refractivity contribution in [3.8, 4) is 0 Å². The van der Waals surface area contributed by atoms with Crippen LogP contribution in [0.5, 0.6) is 0 Å². The number of hydrogen-bond donors (Lipinski definition) is 1. The van der Waals surface area contributed by atoms with Gasteiger partial charge in [0.25, 0.3) is 0 Å². The molecule has 150 valence electrons. The van der Waals surface area contributed by atoms with Crippen LogP contribution < -0.4 is 10.2 Å². The van der Waals surface area contributed by atoms with Crippen LogP contribution in [0.1, 0.15) is 18.9 Å². The van der Waals surface area contributed by atoms with Gasteiger partial charge in [-0.05, 0) is 55.4 Å². The van der Waals surface area contributed by atoms with Gasteiger partial charge >= 0.3 is 0 Å². The normalized spacial score (nSPS) is 16.0. The summed E-state index contributed by atoms with van der Waals surface area (Å²) in [7, 11) is 2.16. The maximum atomic E-state index is 12.6. The van der Waals surface area contributed by atoms with Crippen molar-refractivity contribution >= 4 is 35.0 Å². The van der Waals surface area contributed by atoms with Gasteiger partial charge in [-0.15, -0.1) is 11.8 Å². The molecule has 1 saturated heterocycles. The standard InChI is InChI=1S/C22H28ClN3OS/c1-3-21(28-20-10-6-18(23)7-11-20)22(27)24-16-17-4-8-19(9-5-17)26-14-12-25(2)13-15-26/h4-11,21H,3,12-16H2,1-2H3,(H,24,27)/t21-/m1/s1. The summed E-state index contributed by atoms with van der Waals surface area (Å²) in [6.07, 6.45) is 0.779. The Kier molecular flexibility index (Phi) is 7.65. The monoisotopic (exact) mass is 417 g/mol. The van der Waals surface area contributed by atoms with E-state index in [0.717, 1.165) is 43.1 Å². The van der Waals surface area contributed by atoms with E-state index in [1.165, 1.54) is 5.69 Å². The molecule has 0 bridgehead atoms. The summed E-state index contributed by atoms with van der Waals surface area (Å²) in [6.45, 7) is 6.92. The molecule has 1 heterocycles. The Morgan fingerprint density at radius 3 is 2.32 bits per heavy atom. The number of amides is 1. The topological polar surface area (TPSA) is 35.6 Å². The van der Waals surface area contributed by atoms with Gasteiger partial charge in [-0.1, -0.05) is 30.7 Å². The molecular formula is C22H28ClN3OS. The molecule has 2 aromatic carbocycles. The lowest BCUT2D eigenvalue weighted by molar-refractivity contribution is -0.120. The molecular weight excluding hydrogens is 390 g/mol. The van der Waals surface area contributed by atoms with Gasteiger partial charge in [0.05, 0.1) is 5.25 Å². The van der Waals surface area contributed by atoms with Crippen molar-refractivity contribution in [3.63, 3.8) is 0 Å². The van der Waals surface area contributed by atoms with Crippen molar-refractivity contribution in [1.29, 1.82) is 0 Å². The lowest BCUT2D eigenvalue weighted by Crippen LogP contribution is -2.44. The summed E-state index contributed by atoms with van der Waals surface area (Å²) in [4.78, 5) is 18.4. The zero-order valence-electron chi connectivity index (χ0n) is 16.5. The molecule has 0 saturated carbocycles. The minimum atomic E-state index is -0.106. The van der Waals surface area contributed by atoms with E-state index >= 15 is 0 Å². The van der Waals surface area contributed by atoms with Crippen molar-refractivity contribution in [2.75, 3.05) is 38.1 Å². The van der Waals surface area contributed by atoms with E-state index < -0.39 is 0 Å². The second kappa shape index (κ2) is 10.2. The predicted octanol–water partition coefficient (Wildman–Crippen LogP) is 4.28. The Bertz CT molecular complexity index is 758. The van der Waals surface area contributed by atoms with Crippen LogP contribution >= 0.6 is 23.4 Å². The van der Waals surface area contributed by atoms with Gasteiger partial charge in [-0.2, -0.15) is 0 Å². The van der Waals surface area contributed by atoms with Gasteiger partial charge in [0.1, 0.15) is 0 Å². The number of piperazine rings is 1. The van der Waals surface area contributed by atoms with E-state index in [0.29, 0.717) is 11.6 Å². The fourth-order valence-corrected chi connectivity index (χ4v) is 4.30. The van der Waals surface area contributed by atoms with Gasteiger partial charge in [0.15, 0.2) is 0 Å². The quantitative estimate of drug-likeness (QED) is 0.682. The molecule has 1 aliphatic heterocycles. The van der Waals surface area contributed by atoms with Crippen LogP contribution in [0.3, 0.4) is 0 Å². The van der Waals surface area contributed by atoms with Gasteiger partial charge in [-0.3, -0.25) is 4.79 Å². The summed E-state index contributed by atoms with van der Waals surface area (Å²) in [6, 6.07) is 16.2. The third kappa shape index (κ3) is 5.90. The van der Waals surface area contributed by atoms with Crippen molar-refractivity contribution < 1.29 is 4.79 Å². The molecule has 0 spiro atoms. The molecule has 0 unspecified atom stereocenters. The highest BCUT2D eigenvalue weighted by atomic mass is 35.5. The van der Waals surface area contributed by atoms with Crippen LogP contribution in [-0.2, 0) is 11.3 Å². The lowest BCUT2D eigenvalue weighted by atomic mass is 10.1. The van der Waals surface area contributed by atoms with E-state index in [4.69, 9.17) is 11.6 Å². The van der Waals surface area contributed by atoms with Gasteiger partial charge in [0, 0.05) is 48.3 Å². The Hall–Kier alpha value is -1.69. The number of rotatable bonds is 7. The number of likely N-dealkylation sites (N-methyl/N-ethyl adjacent to an activating group) is 1. The number of benzene rings is 2. The first-order chi connectivity index (χ1) is 13.5. The van der Waals surface area contributed by atoms with Gasteiger partial charge in [0.2, 0.25) is 5.91 Å².